The Morgan fingerprint density at radius 3 is 2.83 bits per heavy atom. The summed E-state index contributed by atoms with van der Waals surface area (Å²) in [6, 6.07) is 11.1. The van der Waals surface area contributed by atoms with Gasteiger partial charge in [-0.1, -0.05) is 30.3 Å². The molecule has 0 fully saturated rings. The lowest BCUT2D eigenvalue weighted by Gasteiger charge is -2.17. The lowest BCUT2D eigenvalue weighted by Crippen LogP contribution is -2.32. The molecule has 114 valence electrons. The Morgan fingerprint density at radius 1 is 1.35 bits per heavy atom. The van der Waals surface area contributed by atoms with E-state index in [0.717, 1.165) is 10.6 Å². The van der Waals surface area contributed by atoms with Crippen molar-refractivity contribution in [3.8, 4) is 6.07 Å². The van der Waals surface area contributed by atoms with Gasteiger partial charge in [0.25, 0.3) is 5.82 Å². The van der Waals surface area contributed by atoms with Crippen molar-refractivity contribution < 1.29 is 4.79 Å². The van der Waals surface area contributed by atoms with Crippen molar-refractivity contribution in [2.75, 3.05) is 0 Å². The molecule has 3 rings (SSSR count). The molecule has 0 spiro atoms. The normalized spacial score (nSPS) is 11.6. The van der Waals surface area contributed by atoms with E-state index in [-0.39, 0.29) is 24.3 Å². The minimum Gasteiger partial charge on any atom is -0.341 e. The van der Waals surface area contributed by atoms with Gasteiger partial charge in [0.1, 0.15) is 30.0 Å². The molecular formula is C15H12N6OS. The first kappa shape index (κ1) is 14.9. The number of thiazole rings is 1. The van der Waals surface area contributed by atoms with E-state index in [4.69, 9.17) is 5.26 Å². The van der Waals surface area contributed by atoms with E-state index in [1.54, 1.807) is 6.20 Å². The summed E-state index contributed by atoms with van der Waals surface area (Å²) in [7, 11) is 0. The first-order valence-electron chi connectivity index (χ1n) is 6.79. The second-order valence-electron chi connectivity index (χ2n) is 4.66. The fraction of sp³-hybridized carbons (Fsp3) is 0.133. The molecule has 0 aliphatic carbocycles. The van der Waals surface area contributed by atoms with Crippen LogP contribution in [0.1, 0.15) is 22.4 Å². The predicted octanol–water partition coefficient (Wildman–Crippen LogP) is 1.51. The summed E-state index contributed by atoms with van der Waals surface area (Å²) >= 11 is 1.48. The van der Waals surface area contributed by atoms with Crippen molar-refractivity contribution >= 4 is 17.2 Å². The second-order valence-corrected chi connectivity index (χ2v) is 5.59. The van der Waals surface area contributed by atoms with Gasteiger partial charge >= 0.3 is 0 Å². The smallest absolute Gasteiger partial charge is 0.252 e. The third-order valence-corrected chi connectivity index (χ3v) is 3.92. The number of aromatic nitrogens is 4. The van der Waals surface area contributed by atoms with E-state index in [2.05, 4.69) is 20.4 Å². The summed E-state index contributed by atoms with van der Waals surface area (Å²) in [6.07, 6.45) is 3.07. The first-order chi connectivity index (χ1) is 11.3. The number of hydrogen-bond acceptors (Lipinski definition) is 6. The lowest BCUT2D eigenvalue weighted by molar-refractivity contribution is -0.122. The molecule has 1 N–H and O–H groups in total. The zero-order valence-electron chi connectivity index (χ0n) is 12.0. The van der Waals surface area contributed by atoms with Crippen molar-refractivity contribution in [3.05, 3.63) is 64.6 Å². The first-order valence-corrected chi connectivity index (χ1v) is 7.67. The number of hydrogen-bond donors (Lipinski definition) is 1. The minimum absolute atomic E-state index is 0.0105. The number of amides is 1. The molecular weight excluding hydrogens is 312 g/mol. The number of benzene rings is 1. The molecule has 23 heavy (non-hydrogen) atoms. The number of nitrogens with zero attached hydrogens (tertiary/aromatic N) is 5. The van der Waals surface area contributed by atoms with Crippen LogP contribution in [-0.2, 0) is 11.3 Å². The zero-order chi connectivity index (χ0) is 16.1. The molecule has 3 aromatic rings. The van der Waals surface area contributed by atoms with Gasteiger partial charge in [0, 0.05) is 11.6 Å². The third kappa shape index (κ3) is 3.59. The topological polar surface area (TPSA) is 96.5 Å². The largest absolute Gasteiger partial charge is 0.341 e. The Balaban J connectivity index is 1.76. The molecule has 2 heterocycles. The van der Waals surface area contributed by atoms with Crippen LogP contribution in [0.4, 0.5) is 0 Å². The molecule has 2 aromatic heterocycles. The van der Waals surface area contributed by atoms with Gasteiger partial charge in [-0.15, -0.1) is 16.4 Å². The van der Waals surface area contributed by atoms with Crippen molar-refractivity contribution in [2.24, 2.45) is 0 Å². The molecule has 1 atom stereocenters. The quantitative estimate of drug-likeness (QED) is 0.767. The second kappa shape index (κ2) is 6.81. The van der Waals surface area contributed by atoms with Gasteiger partial charge in [0.05, 0.1) is 0 Å². The summed E-state index contributed by atoms with van der Waals surface area (Å²) in [4.78, 5) is 20.4. The van der Waals surface area contributed by atoms with Crippen LogP contribution in [0.15, 0.2) is 48.2 Å². The van der Waals surface area contributed by atoms with Gasteiger partial charge in [-0.2, -0.15) is 5.26 Å². The Labute approximate surface area is 136 Å². The predicted molar refractivity (Wildman–Crippen MR) is 83.3 cm³/mol. The van der Waals surface area contributed by atoms with Crippen molar-refractivity contribution in [3.63, 3.8) is 0 Å². The molecule has 0 saturated carbocycles. The van der Waals surface area contributed by atoms with Gasteiger partial charge in [-0.05, 0) is 5.56 Å². The average molecular weight is 324 g/mol. The SMILES string of the molecule is N#Cc1ncn(CC(=O)N[C@@H](c2ccccc2)c2nccs2)n1. The summed E-state index contributed by atoms with van der Waals surface area (Å²) < 4.78 is 1.33. The third-order valence-electron chi connectivity index (χ3n) is 3.08. The maximum atomic E-state index is 12.3. The molecule has 1 amide bonds. The molecule has 0 aliphatic heterocycles. The molecule has 0 unspecified atom stereocenters. The molecule has 1 aromatic carbocycles. The highest BCUT2D eigenvalue weighted by Crippen LogP contribution is 2.23. The molecule has 7 nitrogen and oxygen atoms in total. The highest BCUT2D eigenvalue weighted by molar-refractivity contribution is 7.09. The fourth-order valence-electron chi connectivity index (χ4n) is 2.09. The van der Waals surface area contributed by atoms with E-state index < -0.39 is 0 Å². The van der Waals surface area contributed by atoms with Crippen molar-refractivity contribution in [2.45, 2.75) is 12.6 Å². The molecule has 0 bridgehead atoms. The number of carbonyl (C=O) groups is 1. The molecule has 0 radical (unpaired) electrons. The molecule has 0 aliphatic rings. The zero-order valence-corrected chi connectivity index (χ0v) is 12.8. The fourth-order valence-corrected chi connectivity index (χ4v) is 2.80. The van der Waals surface area contributed by atoms with Crippen LogP contribution in [0.2, 0.25) is 0 Å². The van der Waals surface area contributed by atoms with Crippen molar-refractivity contribution in [1.82, 2.24) is 25.1 Å². The summed E-state index contributed by atoms with van der Waals surface area (Å²) in [5, 5.41) is 18.2. The monoisotopic (exact) mass is 324 g/mol. The van der Waals surface area contributed by atoms with Crippen LogP contribution in [0.25, 0.3) is 0 Å². The van der Waals surface area contributed by atoms with Gasteiger partial charge in [0.2, 0.25) is 5.91 Å². The molecule has 8 heteroatoms. The lowest BCUT2D eigenvalue weighted by atomic mass is 10.1. The summed E-state index contributed by atoms with van der Waals surface area (Å²) in [5.41, 5.74) is 0.951. The number of nitrogens with one attached hydrogen (secondary N) is 1. The Hall–Kier alpha value is -3.05. The Kier molecular flexibility index (Phi) is 4.40. The van der Waals surface area contributed by atoms with Gasteiger partial charge in [0.15, 0.2) is 0 Å². The van der Waals surface area contributed by atoms with Gasteiger partial charge in [-0.25, -0.2) is 14.6 Å². The van der Waals surface area contributed by atoms with Crippen LogP contribution in [0, 0.1) is 11.3 Å². The number of carbonyl (C=O) groups excluding carboxylic acids is 1. The minimum atomic E-state index is -0.317. The number of rotatable bonds is 5. The van der Waals surface area contributed by atoms with Crippen LogP contribution in [0.5, 0.6) is 0 Å². The summed E-state index contributed by atoms with van der Waals surface area (Å²) in [5.74, 6) is -0.194. The van der Waals surface area contributed by atoms with E-state index in [9.17, 15) is 4.79 Å². The van der Waals surface area contributed by atoms with E-state index in [1.165, 1.54) is 22.3 Å². The van der Waals surface area contributed by atoms with E-state index in [1.807, 2.05) is 41.8 Å². The van der Waals surface area contributed by atoms with Gasteiger partial charge < -0.3 is 5.32 Å². The molecule has 0 saturated heterocycles. The standard InChI is InChI=1S/C15H12N6OS/c16-8-12-18-10-21(20-12)9-13(22)19-14(15-17-6-7-23-15)11-4-2-1-3-5-11/h1-7,10,14H,9H2,(H,19,22)/t14-/m0/s1. The van der Waals surface area contributed by atoms with Crippen LogP contribution >= 0.6 is 11.3 Å². The summed E-state index contributed by atoms with van der Waals surface area (Å²) in [6.45, 7) is -0.0105. The van der Waals surface area contributed by atoms with Gasteiger partial charge in [-0.3, -0.25) is 4.79 Å². The van der Waals surface area contributed by atoms with Crippen LogP contribution in [-0.4, -0.2) is 25.7 Å². The van der Waals surface area contributed by atoms with Crippen molar-refractivity contribution in [1.29, 1.82) is 5.26 Å². The number of nitriles is 1. The van der Waals surface area contributed by atoms with E-state index in [0.29, 0.717) is 0 Å². The Morgan fingerprint density at radius 2 is 2.17 bits per heavy atom. The average Bonchev–Trinajstić information content (AvgIpc) is 3.25. The maximum absolute atomic E-state index is 12.3. The Bertz CT molecular complexity index is 821. The van der Waals surface area contributed by atoms with E-state index >= 15 is 0 Å². The highest BCUT2D eigenvalue weighted by atomic mass is 32.1. The van der Waals surface area contributed by atoms with Crippen LogP contribution < -0.4 is 5.32 Å². The maximum Gasteiger partial charge on any atom is 0.252 e. The van der Waals surface area contributed by atoms with Crippen LogP contribution in [0.3, 0.4) is 0 Å². The highest BCUT2D eigenvalue weighted by Gasteiger charge is 2.19.